The molecule has 0 amide bonds. The van der Waals surface area contributed by atoms with Crippen LogP contribution in [0.25, 0.3) is 0 Å². The van der Waals surface area contributed by atoms with Gasteiger partial charge in [-0.1, -0.05) is 19.1 Å². The minimum absolute atomic E-state index is 0.423. The molecule has 0 heterocycles. The van der Waals surface area contributed by atoms with E-state index in [0.29, 0.717) is 5.56 Å². The first-order valence-electron chi connectivity index (χ1n) is 4.63. The fraction of sp³-hybridized carbons (Fsp3) is 0.333. The first kappa shape index (κ1) is 10.5. The molecule has 0 aromatic heterocycles. The molecule has 2 heteroatoms. The van der Waals surface area contributed by atoms with E-state index >= 15 is 0 Å². The third-order valence-corrected chi connectivity index (χ3v) is 2.67. The van der Waals surface area contributed by atoms with Gasteiger partial charge < -0.3 is 4.79 Å². The number of hydrogen-bond acceptors (Lipinski definition) is 2. The van der Waals surface area contributed by atoms with E-state index in [-0.39, 0.29) is 0 Å². The van der Waals surface area contributed by atoms with Crippen molar-refractivity contribution < 1.29 is 4.79 Å². The predicted molar refractivity (Wildman–Crippen MR) is 54.9 cm³/mol. The molecule has 14 heavy (non-hydrogen) atoms. The van der Waals surface area contributed by atoms with Crippen LogP contribution in [0.3, 0.4) is 0 Å². The molecule has 0 bridgehead atoms. The van der Waals surface area contributed by atoms with Crippen LogP contribution in [0.4, 0.5) is 0 Å². The summed E-state index contributed by atoms with van der Waals surface area (Å²) in [5.41, 5.74) is 1.17. The first-order chi connectivity index (χ1) is 6.66. The molecule has 0 radical (unpaired) electrons. The van der Waals surface area contributed by atoms with Crippen LogP contribution in [0.15, 0.2) is 24.3 Å². The number of aldehydes is 1. The fourth-order valence-corrected chi connectivity index (χ4v) is 1.28. The molecule has 1 aromatic rings. The highest BCUT2D eigenvalue weighted by molar-refractivity contribution is 5.67. The third kappa shape index (κ3) is 1.82. The van der Waals surface area contributed by atoms with Crippen LogP contribution in [0.5, 0.6) is 0 Å². The van der Waals surface area contributed by atoms with Crippen molar-refractivity contribution in [1.82, 2.24) is 0 Å². The van der Waals surface area contributed by atoms with Crippen molar-refractivity contribution in [2.75, 3.05) is 0 Å². The van der Waals surface area contributed by atoms with E-state index in [2.05, 4.69) is 6.07 Å². The first-order valence-corrected chi connectivity index (χ1v) is 4.63. The van der Waals surface area contributed by atoms with E-state index in [1.807, 2.05) is 26.0 Å². The Balaban J connectivity index is 3.08. The molecule has 0 aliphatic rings. The monoisotopic (exact) mass is 187 g/mol. The molecule has 0 spiro atoms. The Bertz CT molecular complexity index is 361. The van der Waals surface area contributed by atoms with Gasteiger partial charge >= 0.3 is 0 Å². The average molecular weight is 187 g/mol. The second kappa shape index (κ2) is 4.06. The molecule has 0 saturated heterocycles. The van der Waals surface area contributed by atoms with Gasteiger partial charge in [-0.25, -0.2) is 0 Å². The second-order valence-electron chi connectivity index (χ2n) is 3.58. The van der Waals surface area contributed by atoms with E-state index in [0.717, 1.165) is 18.3 Å². The zero-order valence-corrected chi connectivity index (χ0v) is 8.45. The molecule has 0 aliphatic heterocycles. The van der Waals surface area contributed by atoms with Gasteiger partial charge in [0.25, 0.3) is 0 Å². The van der Waals surface area contributed by atoms with E-state index in [1.54, 1.807) is 12.1 Å². The lowest BCUT2D eigenvalue weighted by atomic mass is 9.81. The number of nitriles is 1. The van der Waals surface area contributed by atoms with Crippen molar-refractivity contribution in [2.45, 2.75) is 25.7 Å². The minimum atomic E-state index is -0.423. The van der Waals surface area contributed by atoms with Gasteiger partial charge in [-0.05, 0) is 31.0 Å². The summed E-state index contributed by atoms with van der Waals surface area (Å²) in [5, 5.41) is 8.63. The molecule has 1 unspecified atom stereocenters. The van der Waals surface area contributed by atoms with Gasteiger partial charge in [0.1, 0.15) is 6.29 Å². The number of hydrogen-bond donors (Lipinski definition) is 0. The van der Waals surface area contributed by atoms with Crippen molar-refractivity contribution in [3.8, 4) is 6.07 Å². The highest BCUT2D eigenvalue weighted by Crippen LogP contribution is 2.24. The average Bonchev–Trinajstić information content (AvgIpc) is 2.28. The normalized spacial score (nSPS) is 14.1. The lowest BCUT2D eigenvalue weighted by molar-refractivity contribution is -0.112. The Hall–Kier alpha value is -1.62. The number of benzene rings is 1. The molecule has 2 nitrogen and oxygen atoms in total. The van der Waals surface area contributed by atoms with E-state index < -0.39 is 5.41 Å². The maximum absolute atomic E-state index is 10.9. The molecule has 72 valence electrons. The van der Waals surface area contributed by atoms with Crippen molar-refractivity contribution in [1.29, 1.82) is 5.26 Å². The summed E-state index contributed by atoms with van der Waals surface area (Å²) in [6, 6.07) is 9.23. The van der Waals surface area contributed by atoms with E-state index in [9.17, 15) is 4.79 Å². The molecule has 0 N–H and O–H groups in total. The Morgan fingerprint density at radius 1 is 1.43 bits per heavy atom. The van der Waals surface area contributed by atoms with Gasteiger partial charge in [0.2, 0.25) is 0 Å². The highest BCUT2D eigenvalue weighted by Gasteiger charge is 2.23. The van der Waals surface area contributed by atoms with Crippen molar-refractivity contribution in [2.24, 2.45) is 0 Å². The quantitative estimate of drug-likeness (QED) is 0.682. The lowest BCUT2D eigenvalue weighted by Crippen LogP contribution is -2.22. The summed E-state index contributed by atoms with van der Waals surface area (Å²) >= 11 is 0. The molecular weight excluding hydrogens is 174 g/mol. The number of nitrogens with zero attached hydrogens (tertiary/aromatic N) is 1. The maximum Gasteiger partial charge on any atom is 0.130 e. The molecule has 0 saturated carbocycles. The van der Waals surface area contributed by atoms with Crippen LogP contribution < -0.4 is 0 Å². The summed E-state index contributed by atoms with van der Waals surface area (Å²) in [5.74, 6) is 0. The van der Waals surface area contributed by atoms with Gasteiger partial charge in [0.15, 0.2) is 0 Å². The summed E-state index contributed by atoms with van der Waals surface area (Å²) in [7, 11) is 0. The topological polar surface area (TPSA) is 40.9 Å². The van der Waals surface area contributed by atoms with Gasteiger partial charge in [-0.3, -0.25) is 0 Å². The van der Waals surface area contributed by atoms with Gasteiger partial charge in [0, 0.05) is 5.41 Å². The second-order valence-corrected chi connectivity index (χ2v) is 3.58. The van der Waals surface area contributed by atoms with Crippen LogP contribution >= 0.6 is 0 Å². The van der Waals surface area contributed by atoms with Crippen molar-refractivity contribution in [3.05, 3.63) is 35.4 Å². The largest absolute Gasteiger partial charge is 0.302 e. The SMILES string of the molecule is CCC(C)(C=O)c1ccc(C#N)cc1. The maximum atomic E-state index is 10.9. The van der Waals surface area contributed by atoms with Gasteiger partial charge in [-0.2, -0.15) is 5.26 Å². The summed E-state index contributed by atoms with van der Waals surface area (Å²) < 4.78 is 0. The smallest absolute Gasteiger partial charge is 0.130 e. The zero-order valence-electron chi connectivity index (χ0n) is 8.45. The Labute approximate surface area is 84.2 Å². The molecular formula is C12H13NO. The number of carbonyl (C=O) groups excluding carboxylic acids is 1. The highest BCUT2D eigenvalue weighted by atomic mass is 16.1. The van der Waals surface area contributed by atoms with Gasteiger partial charge in [0.05, 0.1) is 11.6 Å². The molecule has 1 atom stereocenters. The third-order valence-electron chi connectivity index (χ3n) is 2.67. The predicted octanol–water partition coefficient (Wildman–Crippen LogP) is 2.42. The van der Waals surface area contributed by atoms with Crippen LogP contribution in [0.1, 0.15) is 31.4 Å². The molecule has 0 fully saturated rings. The van der Waals surface area contributed by atoms with Crippen molar-refractivity contribution in [3.63, 3.8) is 0 Å². The van der Waals surface area contributed by atoms with Crippen LogP contribution in [-0.2, 0) is 10.2 Å². The van der Waals surface area contributed by atoms with Crippen LogP contribution in [-0.4, -0.2) is 6.29 Å². The minimum Gasteiger partial charge on any atom is -0.302 e. The Morgan fingerprint density at radius 2 is 2.00 bits per heavy atom. The van der Waals surface area contributed by atoms with Crippen LogP contribution in [0, 0.1) is 11.3 Å². The van der Waals surface area contributed by atoms with E-state index in [1.165, 1.54) is 0 Å². The summed E-state index contributed by atoms with van der Waals surface area (Å²) in [6.45, 7) is 3.88. The van der Waals surface area contributed by atoms with Crippen molar-refractivity contribution >= 4 is 6.29 Å². The summed E-state index contributed by atoms with van der Waals surface area (Å²) in [4.78, 5) is 10.9. The summed E-state index contributed by atoms with van der Waals surface area (Å²) in [6.07, 6.45) is 1.73. The zero-order chi connectivity index (χ0) is 10.6. The van der Waals surface area contributed by atoms with Crippen LogP contribution in [0.2, 0.25) is 0 Å². The van der Waals surface area contributed by atoms with Gasteiger partial charge in [-0.15, -0.1) is 0 Å². The molecule has 1 aromatic carbocycles. The van der Waals surface area contributed by atoms with E-state index in [4.69, 9.17) is 5.26 Å². The molecule has 0 aliphatic carbocycles. The Morgan fingerprint density at radius 3 is 2.36 bits per heavy atom. The lowest BCUT2D eigenvalue weighted by Gasteiger charge is -2.21. The fourth-order valence-electron chi connectivity index (χ4n) is 1.28. The standard InChI is InChI=1S/C12H13NO/c1-3-12(2,9-14)11-6-4-10(8-13)5-7-11/h4-7,9H,3H2,1-2H3. The number of rotatable bonds is 3. The Kier molecular flexibility index (Phi) is 3.03. The molecule has 1 rings (SSSR count). The number of carbonyl (C=O) groups is 1.